The fourth-order valence-corrected chi connectivity index (χ4v) is 2.95. The lowest BCUT2D eigenvalue weighted by molar-refractivity contribution is -0.128. The third-order valence-corrected chi connectivity index (χ3v) is 4.36. The van der Waals surface area contributed by atoms with Gasteiger partial charge in [0.1, 0.15) is 23.6 Å². The molecule has 0 radical (unpaired) electrons. The van der Waals surface area contributed by atoms with Gasteiger partial charge in [-0.3, -0.25) is 14.5 Å². The van der Waals surface area contributed by atoms with Gasteiger partial charge in [-0.2, -0.15) is 0 Å². The number of methoxy groups -OCH3 is 1. The summed E-state index contributed by atoms with van der Waals surface area (Å²) in [6.07, 6.45) is -0.678. The second-order valence-electron chi connectivity index (χ2n) is 6.27. The Balaban J connectivity index is 1.69. The first-order valence-electron chi connectivity index (χ1n) is 8.64. The molecule has 0 fully saturated rings. The predicted octanol–water partition coefficient (Wildman–Crippen LogP) is 1.82. The van der Waals surface area contributed by atoms with Gasteiger partial charge < -0.3 is 19.9 Å². The van der Waals surface area contributed by atoms with Gasteiger partial charge in [-0.25, -0.2) is 4.79 Å². The van der Waals surface area contributed by atoms with Crippen molar-refractivity contribution in [1.82, 2.24) is 5.32 Å². The average molecular weight is 384 g/mol. The maximum atomic E-state index is 12.4. The van der Waals surface area contributed by atoms with E-state index < -0.39 is 12.1 Å². The SMILES string of the molecule is COc1ccc(CNC(=O)CN2C(=O)C(C)Oc3ccccc32)cc1C(=O)O. The first-order valence-corrected chi connectivity index (χ1v) is 8.64. The zero-order valence-electron chi connectivity index (χ0n) is 15.5. The van der Waals surface area contributed by atoms with Gasteiger partial charge in [0.25, 0.3) is 5.91 Å². The molecular weight excluding hydrogens is 364 g/mol. The van der Waals surface area contributed by atoms with Crippen LogP contribution in [0.1, 0.15) is 22.8 Å². The molecule has 0 aromatic heterocycles. The summed E-state index contributed by atoms with van der Waals surface area (Å²) >= 11 is 0. The highest BCUT2D eigenvalue weighted by atomic mass is 16.5. The highest BCUT2D eigenvalue weighted by molar-refractivity contribution is 6.03. The van der Waals surface area contributed by atoms with Crippen LogP contribution in [0.4, 0.5) is 5.69 Å². The van der Waals surface area contributed by atoms with Crippen LogP contribution in [0, 0.1) is 0 Å². The lowest BCUT2D eigenvalue weighted by Gasteiger charge is -2.32. The molecule has 1 heterocycles. The van der Waals surface area contributed by atoms with E-state index in [0.29, 0.717) is 17.0 Å². The normalized spacial score (nSPS) is 15.4. The highest BCUT2D eigenvalue weighted by Gasteiger charge is 2.32. The van der Waals surface area contributed by atoms with E-state index in [9.17, 15) is 19.5 Å². The maximum absolute atomic E-state index is 12.4. The van der Waals surface area contributed by atoms with Crippen molar-refractivity contribution in [3.8, 4) is 11.5 Å². The first-order chi connectivity index (χ1) is 13.4. The van der Waals surface area contributed by atoms with Crippen molar-refractivity contribution in [3.63, 3.8) is 0 Å². The van der Waals surface area contributed by atoms with E-state index in [1.807, 2.05) is 0 Å². The Kier molecular flexibility index (Phi) is 5.49. The monoisotopic (exact) mass is 384 g/mol. The van der Waals surface area contributed by atoms with E-state index in [2.05, 4.69) is 5.32 Å². The molecule has 0 aliphatic carbocycles. The number of nitrogens with zero attached hydrogens (tertiary/aromatic N) is 1. The number of hydrogen-bond donors (Lipinski definition) is 2. The van der Waals surface area contributed by atoms with Gasteiger partial charge in [0, 0.05) is 6.54 Å². The van der Waals surface area contributed by atoms with Crippen LogP contribution >= 0.6 is 0 Å². The van der Waals surface area contributed by atoms with Crippen LogP contribution in [0.3, 0.4) is 0 Å². The quantitative estimate of drug-likeness (QED) is 0.787. The molecule has 1 aliphatic heterocycles. The Morgan fingerprint density at radius 2 is 2.00 bits per heavy atom. The second kappa shape index (κ2) is 7.99. The van der Waals surface area contributed by atoms with Gasteiger partial charge >= 0.3 is 5.97 Å². The number of carbonyl (C=O) groups is 3. The molecule has 146 valence electrons. The van der Waals surface area contributed by atoms with Crippen LogP contribution in [0.15, 0.2) is 42.5 Å². The zero-order chi connectivity index (χ0) is 20.3. The summed E-state index contributed by atoms with van der Waals surface area (Å²) in [6, 6.07) is 11.7. The van der Waals surface area contributed by atoms with Gasteiger partial charge in [-0.15, -0.1) is 0 Å². The largest absolute Gasteiger partial charge is 0.496 e. The Labute approximate surface area is 161 Å². The van der Waals surface area contributed by atoms with Crippen LogP contribution in [0.25, 0.3) is 0 Å². The van der Waals surface area contributed by atoms with Gasteiger partial charge in [0.2, 0.25) is 5.91 Å². The number of carbonyl (C=O) groups excluding carboxylic acids is 2. The molecule has 8 heteroatoms. The smallest absolute Gasteiger partial charge is 0.339 e. The van der Waals surface area contributed by atoms with Crippen molar-refractivity contribution in [2.45, 2.75) is 19.6 Å². The van der Waals surface area contributed by atoms with Crippen LogP contribution in [-0.4, -0.2) is 42.6 Å². The van der Waals surface area contributed by atoms with Crippen molar-refractivity contribution in [2.24, 2.45) is 0 Å². The van der Waals surface area contributed by atoms with Crippen molar-refractivity contribution < 1.29 is 29.0 Å². The molecule has 0 saturated carbocycles. The Hall–Kier alpha value is -3.55. The van der Waals surface area contributed by atoms with E-state index >= 15 is 0 Å². The van der Waals surface area contributed by atoms with E-state index in [1.165, 1.54) is 24.1 Å². The summed E-state index contributed by atoms with van der Waals surface area (Å²) in [5.74, 6) is -0.998. The summed E-state index contributed by atoms with van der Waals surface area (Å²) in [4.78, 5) is 37.5. The van der Waals surface area contributed by atoms with Crippen molar-refractivity contribution in [1.29, 1.82) is 0 Å². The Bertz CT molecular complexity index is 927. The molecule has 0 bridgehead atoms. The zero-order valence-corrected chi connectivity index (χ0v) is 15.5. The minimum atomic E-state index is -1.12. The minimum absolute atomic E-state index is 0.0142. The number of benzene rings is 2. The standard InChI is InChI=1S/C20H20N2O6/c1-12-19(24)22(15-5-3-4-6-17(15)28-12)11-18(23)21-10-13-7-8-16(27-2)14(9-13)20(25)26/h3-9,12H,10-11H2,1-2H3,(H,21,23)(H,25,26). The van der Waals surface area contributed by atoms with Gasteiger partial charge in [-0.1, -0.05) is 18.2 Å². The van der Waals surface area contributed by atoms with Crippen molar-refractivity contribution in [2.75, 3.05) is 18.6 Å². The van der Waals surface area contributed by atoms with E-state index in [0.717, 1.165) is 0 Å². The molecule has 0 spiro atoms. The number of carboxylic acid groups (broad SMARTS) is 1. The molecule has 1 unspecified atom stereocenters. The molecule has 1 aliphatic rings. The van der Waals surface area contributed by atoms with Gasteiger partial charge in [0.05, 0.1) is 12.8 Å². The fraction of sp³-hybridized carbons (Fsp3) is 0.250. The van der Waals surface area contributed by atoms with E-state index in [1.54, 1.807) is 37.3 Å². The Morgan fingerprint density at radius 1 is 1.25 bits per heavy atom. The Morgan fingerprint density at radius 3 is 2.71 bits per heavy atom. The van der Waals surface area contributed by atoms with Crippen LogP contribution in [-0.2, 0) is 16.1 Å². The number of anilines is 1. The highest BCUT2D eigenvalue weighted by Crippen LogP contribution is 2.33. The molecular formula is C20H20N2O6. The third kappa shape index (κ3) is 3.90. The predicted molar refractivity (Wildman–Crippen MR) is 101 cm³/mol. The summed E-state index contributed by atoms with van der Waals surface area (Å²) in [6.45, 7) is 1.60. The number of ether oxygens (including phenoxy) is 2. The molecule has 28 heavy (non-hydrogen) atoms. The van der Waals surface area contributed by atoms with Crippen LogP contribution in [0.2, 0.25) is 0 Å². The van der Waals surface area contributed by atoms with Gasteiger partial charge in [0.15, 0.2) is 6.10 Å². The molecule has 2 aromatic carbocycles. The molecule has 2 aromatic rings. The number of rotatable bonds is 6. The number of para-hydroxylation sites is 2. The number of nitrogens with one attached hydrogen (secondary N) is 1. The second-order valence-corrected chi connectivity index (χ2v) is 6.27. The topological polar surface area (TPSA) is 105 Å². The van der Waals surface area contributed by atoms with E-state index in [-0.39, 0.29) is 36.2 Å². The summed E-state index contributed by atoms with van der Waals surface area (Å²) < 4.78 is 10.6. The van der Waals surface area contributed by atoms with Crippen LogP contribution in [0.5, 0.6) is 11.5 Å². The summed E-state index contributed by atoms with van der Waals surface area (Å²) in [5, 5.41) is 11.9. The van der Waals surface area contributed by atoms with E-state index in [4.69, 9.17) is 9.47 Å². The van der Waals surface area contributed by atoms with Gasteiger partial charge in [-0.05, 0) is 36.8 Å². The minimum Gasteiger partial charge on any atom is -0.496 e. The fourth-order valence-electron chi connectivity index (χ4n) is 2.95. The molecule has 2 amide bonds. The van der Waals surface area contributed by atoms with Crippen molar-refractivity contribution >= 4 is 23.5 Å². The number of carboxylic acids is 1. The lowest BCUT2D eigenvalue weighted by atomic mass is 10.1. The average Bonchev–Trinajstić information content (AvgIpc) is 2.69. The third-order valence-electron chi connectivity index (χ3n) is 4.36. The molecule has 0 saturated heterocycles. The first kappa shape index (κ1) is 19.2. The molecule has 1 atom stereocenters. The number of aromatic carboxylic acids is 1. The molecule has 3 rings (SSSR count). The van der Waals surface area contributed by atoms with Crippen LogP contribution < -0.4 is 19.7 Å². The summed E-state index contributed by atoms with van der Waals surface area (Å²) in [5.41, 5.74) is 1.16. The number of hydrogen-bond acceptors (Lipinski definition) is 5. The summed E-state index contributed by atoms with van der Waals surface area (Å²) in [7, 11) is 1.39. The number of fused-ring (bicyclic) bond motifs is 1. The lowest BCUT2D eigenvalue weighted by Crippen LogP contribution is -2.48. The maximum Gasteiger partial charge on any atom is 0.339 e. The number of amides is 2. The molecule has 8 nitrogen and oxygen atoms in total. The molecule has 2 N–H and O–H groups in total. The van der Waals surface area contributed by atoms with Crippen molar-refractivity contribution in [3.05, 3.63) is 53.6 Å².